The molecule has 0 N–H and O–H groups in total. The van der Waals surface area contributed by atoms with Crippen molar-refractivity contribution in [2.24, 2.45) is 4.99 Å². The van der Waals surface area contributed by atoms with Gasteiger partial charge in [0.05, 0.1) is 30.4 Å². The number of aliphatic imine (C=N–C) groups is 1. The molecule has 36 heavy (non-hydrogen) atoms. The molecule has 1 aliphatic heterocycles. The van der Waals surface area contributed by atoms with Gasteiger partial charge in [0.25, 0.3) is 5.91 Å². The number of likely N-dealkylation sites (N-methyl/N-ethyl adjacent to an activating group) is 1. The molecule has 1 amide bonds. The Bertz CT molecular complexity index is 1350. The van der Waals surface area contributed by atoms with Gasteiger partial charge in [0.15, 0.2) is 5.17 Å². The fourth-order valence-corrected chi connectivity index (χ4v) is 6.62. The molecule has 3 aromatic rings. The van der Waals surface area contributed by atoms with Gasteiger partial charge in [-0.15, -0.1) is 0 Å². The summed E-state index contributed by atoms with van der Waals surface area (Å²) in [7, 11) is 3.04. The molecule has 1 saturated heterocycles. The minimum absolute atomic E-state index is 0.120. The van der Waals surface area contributed by atoms with Gasteiger partial charge in [-0.2, -0.15) is 0 Å². The number of amidine groups is 1. The van der Waals surface area contributed by atoms with E-state index in [1.54, 1.807) is 31.3 Å². The maximum absolute atomic E-state index is 12.9. The largest absolute Gasteiger partial charge is 0.487 e. The quantitative estimate of drug-likeness (QED) is 0.150. The van der Waals surface area contributed by atoms with Crippen molar-refractivity contribution < 1.29 is 19.1 Å². The number of carbonyl (C=O) groups excluding carboxylic acids is 2. The maximum atomic E-state index is 12.9. The van der Waals surface area contributed by atoms with E-state index in [2.05, 4.69) is 66.1 Å². The summed E-state index contributed by atoms with van der Waals surface area (Å²) in [5.41, 5.74) is 3.08. The third-order valence-corrected chi connectivity index (χ3v) is 8.32. The van der Waals surface area contributed by atoms with Crippen molar-refractivity contribution in [3.05, 3.63) is 93.9 Å². The molecule has 1 heterocycles. The Hall–Kier alpha value is -1.90. The van der Waals surface area contributed by atoms with Gasteiger partial charge in [0.1, 0.15) is 12.4 Å². The van der Waals surface area contributed by atoms with E-state index in [1.807, 2.05) is 42.5 Å². The Kier molecular flexibility index (Phi) is 9.12. The van der Waals surface area contributed by atoms with Gasteiger partial charge in [0.2, 0.25) is 0 Å². The number of carbonyl (C=O) groups is 2. The van der Waals surface area contributed by atoms with Crippen LogP contribution in [0, 0.1) is 7.14 Å². The van der Waals surface area contributed by atoms with E-state index < -0.39 is 5.97 Å². The lowest BCUT2D eigenvalue weighted by Gasteiger charge is -2.12. The van der Waals surface area contributed by atoms with Crippen LogP contribution in [0.4, 0.5) is 5.69 Å². The van der Waals surface area contributed by atoms with Crippen LogP contribution in [0.25, 0.3) is 6.08 Å². The van der Waals surface area contributed by atoms with Crippen LogP contribution in [0.15, 0.2) is 75.0 Å². The second-order valence-electron chi connectivity index (χ2n) is 7.64. The number of hydrogen-bond acceptors (Lipinski definition) is 6. The Morgan fingerprint density at radius 2 is 1.72 bits per heavy atom. The third kappa shape index (κ3) is 6.50. The van der Waals surface area contributed by atoms with E-state index in [1.165, 1.54) is 23.8 Å². The monoisotopic (exact) mass is 788 g/mol. The lowest BCUT2D eigenvalue weighted by atomic mass is 10.2. The number of nitrogens with zero attached hydrogens (tertiary/aromatic N) is 2. The van der Waals surface area contributed by atoms with Crippen LogP contribution in [0.1, 0.15) is 21.5 Å². The summed E-state index contributed by atoms with van der Waals surface area (Å²) in [6.07, 6.45) is 1.87. The molecule has 0 radical (unpaired) electrons. The molecule has 0 aliphatic carbocycles. The number of esters is 1. The molecule has 0 aromatic heterocycles. The summed E-state index contributed by atoms with van der Waals surface area (Å²) in [5, 5.41) is 0.566. The van der Waals surface area contributed by atoms with Crippen LogP contribution in [0.3, 0.4) is 0 Å². The third-order valence-electron chi connectivity index (χ3n) is 5.13. The van der Waals surface area contributed by atoms with Gasteiger partial charge in [-0.3, -0.25) is 9.69 Å². The number of rotatable bonds is 6. The summed E-state index contributed by atoms with van der Waals surface area (Å²) < 4.78 is 13.8. The zero-order valence-corrected chi connectivity index (χ0v) is 25.8. The summed E-state index contributed by atoms with van der Waals surface area (Å²) >= 11 is 9.28. The van der Waals surface area contributed by atoms with Crippen molar-refractivity contribution in [3.8, 4) is 5.75 Å². The molecule has 3 aromatic carbocycles. The average molecular weight is 789 g/mol. The summed E-state index contributed by atoms with van der Waals surface area (Å²) in [6.45, 7) is 0.472. The molecule has 0 unspecified atom stereocenters. The molecule has 0 bridgehead atoms. The minimum atomic E-state index is -0.407. The van der Waals surface area contributed by atoms with E-state index in [4.69, 9.17) is 9.47 Å². The highest BCUT2D eigenvalue weighted by Crippen LogP contribution is 2.35. The van der Waals surface area contributed by atoms with Crippen molar-refractivity contribution in [3.63, 3.8) is 0 Å². The van der Waals surface area contributed by atoms with E-state index >= 15 is 0 Å². The number of thioether (sulfide) groups is 1. The van der Waals surface area contributed by atoms with E-state index in [9.17, 15) is 9.59 Å². The highest BCUT2D eigenvalue weighted by Gasteiger charge is 2.30. The van der Waals surface area contributed by atoms with Gasteiger partial charge in [-0.25, -0.2) is 9.79 Å². The highest BCUT2D eigenvalue weighted by molar-refractivity contribution is 14.1. The molecule has 1 fully saturated rings. The molecular weight excluding hydrogens is 770 g/mol. The van der Waals surface area contributed by atoms with Crippen LogP contribution in [-0.2, 0) is 16.1 Å². The first-order valence-corrected chi connectivity index (χ1v) is 14.3. The van der Waals surface area contributed by atoms with E-state index in [-0.39, 0.29) is 5.91 Å². The van der Waals surface area contributed by atoms with Crippen LogP contribution in [0.2, 0.25) is 0 Å². The number of amides is 1. The highest BCUT2D eigenvalue weighted by atomic mass is 127. The number of ether oxygens (including phenoxy) is 2. The molecule has 1 aliphatic rings. The van der Waals surface area contributed by atoms with Gasteiger partial charge >= 0.3 is 5.97 Å². The minimum Gasteiger partial charge on any atom is -0.487 e. The Balaban J connectivity index is 1.51. The SMILES string of the molecule is COC(=O)c1ccc(N=C2SC(=Cc3cc(I)c(OCc4ccc(Br)cc4)c(I)c3)C(=O)N2C)cc1. The Morgan fingerprint density at radius 1 is 1.08 bits per heavy atom. The van der Waals surface area contributed by atoms with Crippen LogP contribution in [-0.4, -0.2) is 36.1 Å². The van der Waals surface area contributed by atoms with Crippen molar-refractivity contribution in [2.45, 2.75) is 6.61 Å². The van der Waals surface area contributed by atoms with Gasteiger partial charge in [0, 0.05) is 11.5 Å². The van der Waals surface area contributed by atoms with Gasteiger partial charge in [-0.1, -0.05) is 28.1 Å². The molecule has 10 heteroatoms. The van der Waals surface area contributed by atoms with Crippen LogP contribution >= 0.6 is 72.9 Å². The van der Waals surface area contributed by atoms with Crippen molar-refractivity contribution in [2.75, 3.05) is 14.2 Å². The normalized spacial score (nSPS) is 15.6. The predicted molar refractivity (Wildman–Crippen MR) is 164 cm³/mol. The smallest absolute Gasteiger partial charge is 0.337 e. The average Bonchev–Trinajstić information content (AvgIpc) is 3.12. The molecule has 184 valence electrons. The molecule has 0 saturated carbocycles. The molecule has 0 spiro atoms. The Morgan fingerprint density at radius 3 is 2.33 bits per heavy atom. The molecule has 6 nitrogen and oxygen atoms in total. The van der Waals surface area contributed by atoms with Gasteiger partial charge in [-0.05, 0) is 123 Å². The first-order valence-electron chi connectivity index (χ1n) is 10.6. The zero-order chi connectivity index (χ0) is 25.8. The van der Waals surface area contributed by atoms with Crippen molar-refractivity contribution in [1.82, 2.24) is 4.90 Å². The number of hydrogen-bond donors (Lipinski definition) is 0. The predicted octanol–water partition coefficient (Wildman–Crippen LogP) is 7.26. The molecular formula is C26H19BrI2N2O4S. The fourth-order valence-electron chi connectivity index (χ4n) is 3.24. The number of halogens is 3. The van der Waals surface area contributed by atoms with Crippen molar-refractivity contribution >= 4 is 102 Å². The lowest BCUT2D eigenvalue weighted by Crippen LogP contribution is -2.23. The zero-order valence-electron chi connectivity index (χ0n) is 19.1. The summed E-state index contributed by atoms with van der Waals surface area (Å²) in [5.74, 6) is 0.294. The van der Waals surface area contributed by atoms with Crippen LogP contribution in [0.5, 0.6) is 5.75 Å². The maximum Gasteiger partial charge on any atom is 0.337 e. The first-order chi connectivity index (χ1) is 17.2. The molecule has 4 rings (SSSR count). The van der Waals surface area contributed by atoms with E-state index in [0.717, 1.165) is 28.5 Å². The second-order valence-corrected chi connectivity index (χ2v) is 11.9. The Labute approximate surface area is 248 Å². The fraction of sp³-hybridized carbons (Fsp3) is 0.115. The summed E-state index contributed by atoms with van der Waals surface area (Å²) in [4.78, 5) is 31.2. The lowest BCUT2D eigenvalue weighted by molar-refractivity contribution is -0.121. The van der Waals surface area contributed by atoms with Gasteiger partial charge < -0.3 is 9.47 Å². The topological polar surface area (TPSA) is 68.2 Å². The van der Waals surface area contributed by atoms with Crippen molar-refractivity contribution in [1.29, 1.82) is 0 Å². The number of benzene rings is 3. The summed E-state index contributed by atoms with van der Waals surface area (Å²) in [6, 6.07) is 18.8. The standard InChI is InChI=1S/C26H19BrI2N2O4S/c1-31-24(32)22(36-26(31)30-19-9-5-17(6-10-19)25(33)34-2)13-16-11-20(28)23(21(29)12-16)35-14-15-3-7-18(27)8-4-15/h3-13H,14H2,1-2H3. The number of methoxy groups -OCH3 is 1. The second kappa shape index (κ2) is 12.1. The van der Waals surface area contributed by atoms with Crippen LogP contribution < -0.4 is 4.74 Å². The first kappa shape index (κ1) is 27.1. The molecule has 0 atom stereocenters. The van der Waals surface area contributed by atoms with E-state index in [0.29, 0.717) is 27.9 Å².